The Kier molecular flexibility index (Phi) is 4.75. The van der Waals surface area contributed by atoms with Crippen LogP contribution in [0.25, 0.3) is 28.0 Å². The predicted octanol–water partition coefficient (Wildman–Crippen LogP) is 4.75. The summed E-state index contributed by atoms with van der Waals surface area (Å²) in [5.74, 6) is 2.12. The summed E-state index contributed by atoms with van der Waals surface area (Å²) < 4.78 is 18.4. The number of aromatic nitrogens is 3. The van der Waals surface area contributed by atoms with Gasteiger partial charge in [-0.25, -0.2) is 4.98 Å². The molecular formula is C21H19N3O3S. The summed E-state index contributed by atoms with van der Waals surface area (Å²) in [4.78, 5) is 7.84. The van der Waals surface area contributed by atoms with Crippen LogP contribution in [0.15, 0.2) is 54.9 Å². The molecule has 0 atom stereocenters. The second-order valence-electron chi connectivity index (χ2n) is 6.14. The lowest BCUT2D eigenvalue weighted by Crippen LogP contribution is -1.93. The number of rotatable bonds is 5. The second-order valence-corrected chi connectivity index (χ2v) is 6.51. The van der Waals surface area contributed by atoms with Crippen molar-refractivity contribution in [3.8, 4) is 39.6 Å². The highest BCUT2D eigenvalue weighted by molar-refractivity contribution is 7.71. The Bertz CT molecular complexity index is 1210. The van der Waals surface area contributed by atoms with Crippen LogP contribution in [0, 0.1) is 4.77 Å². The average Bonchev–Trinajstić information content (AvgIpc) is 3.20. The van der Waals surface area contributed by atoms with Crippen LogP contribution in [-0.2, 0) is 0 Å². The van der Waals surface area contributed by atoms with Crippen molar-refractivity contribution < 1.29 is 14.2 Å². The summed E-state index contributed by atoms with van der Waals surface area (Å²) in [6.45, 7) is 0. The molecule has 28 heavy (non-hydrogen) atoms. The van der Waals surface area contributed by atoms with Crippen molar-refractivity contribution in [1.82, 2.24) is 14.4 Å². The van der Waals surface area contributed by atoms with Crippen LogP contribution in [0.4, 0.5) is 0 Å². The quantitative estimate of drug-likeness (QED) is 0.496. The van der Waals surface area contributed by atoms with Gasteiger partial charge in [-0.3, -0.25) is 4.40 Å². The Balaban J connectivity index is 1.89. The normalized spacial score (nSPS) is 10.8. The van der Waals surface area contributed by atoms with Gasteiger partial charge in [-0.1, -0.05) is 12.1 Å². The minimum Gasteiger partial charge on any atom is -0.497 e. The van der Waals surface area contributed by atoms with Gasteiger partial charge in [0, 0.05) is 23.5 Å². The molecule has 7 heteroatoms. The molecule has 2 heterocycles. The van der Waals surface area contributed by atoms with E-state index in [1.807, 2.05) is 53.1 Å². The monoisotopic (exact) mass is 393 g/mol. The van der Waals surface area contributed by atoms with E-state index in [0.29, 0.717) is 16.3 Å². The zero-order chi connectivity index (χ0) is 19.7. The van der Waals surface area contributed by atoms with Crippen molar-refractivity contribution in [1.29, 1.82) is 0 Å². The number of aromatic amines is 1. The number of fused-ring (bicyclic) bond motifs is 1. The first kappa shape index (κ1) is 18.1. The summed E-state index contributed by atoms with van der Waals surface area (Å²) in [6, 6.07) is 13.6. The average molecular weight is 393 g/mol. The maximum absolute atomic E-state index is 5.43. The zero-order valence-corrected chi connectivity index (χ0v) is 16.5. The van der Waals surface area contributed by atoms with Crippen molar-refractivity contribution >= 4 is 17.9 Å². The molecule has 0 radical (unpaired) electrons. The second kappa shape index (κ2) is 7.36. The summed E-state index contributed by atoms with van der Waals surface area (Å²) in [5.41, 5.74) is 4.62. The molecule has 0 amide bonds. The molecule has 4 aromatic rings. The van der Waals surface area contributed by atoms with Crippen LogP contribution in [0.3, 0.4) is 0 Å². The van der Waals surface area contributed by atoms with Crippen LogP contribution < -0.4 is 14.2 Å². The smallest absolute Gasteiger partial charge is 0.205 e. The first-order chi connectivity index (χ1) is 13.6. The van der Waals surface area contributed by atoms with Gasteiger partial charge in [-0.05, 0) is 48.1 Å². The van der Waals surface area contributed by atoms with E-state index >= 15 is 0 Å². The van der Waals surface area contributed by atoms with E-state index in [-0.39, 0.29) is 0 Å². The van der Waals surface area contributed by atoms with Crippen LogP contribution in [0.2, 0.25) is 0 Å². The van der Waals surface area contributed by atoms with E-state index in [9.17, 15) is 0 Å². The molecular weight excluding hydrogens is 374 g/mol. The highest BCUT2D eigenvalue weighted by Crippen LogP contribution is 2.33. The highest BCUT2D eigenvalue weighted by Gasteiger charge is 2.13. The molecule has 0 spiro atoms. The third-order valence-electron chi connectivity index (χ3n) is 4.59. The highest BCUT2D eigenvalue weighted by atomic mass is 32.1. The number of imidazole rings is 1. The molecule has 0 saturated carbocycles. The van der Waals surface area contributed by atoms with E-state index in [4.69, 9.17) is 26.4 Å². The number of methoxy groups -OCH3 is 3. The molecule has 4 rings (SSSR count). The Labute approximate surface area is 167 Å². The largest absolute Gasteiger partial charge is 0.497 e. The fourth-order valence-corrected chi connectivity index (χ4v) is 3.35. The summed E-state index contributed by atoms with van der Waals surface area (Å²) in [7, 11) is 4.89. The van der Waals surface area contributed by atoms with Crippen LogP contribution in [0.1, 0.15) is 0 Å². The molecule has 2 aromatic heterocycles. The van der Waals surface area contributed by atoms with Crippen LogP contribution in [-0.4, -0.2) is 35.7 Å². The minimum absolute atomic E-state index is 0.477. The number of nitrogens with zero attached hydrogens (tertiary/aromatic N) is 2. The number of hydrogen-bond acceptors (Lipinski definition) is 5. The van der Waals surface area contributed by atoms with Crippen molar-refractivity contribution in [2.24, 2.45) is 0 Å². The number of benzene rings is 2. The molecule has 0 aliphatic carbocycles. The van der Waals surface area contributed by atoms with Crippen LogP contribution >= 0.6 is 12.2 Å². The van der Waals surface area contributed by atoms with Gasteiger partial charge in [-0.15, -0.1) is 0 Å². The number of nitrogens with one attached hydrogen (secondary N) is 1. The Hall–Kier alpha value is -3.32. The van der Waals surface area contributed by atoms with Crippen LogP contribution in [0.5, 0.6) is 17.2 Å². The van der Waals surface area contributed by atoms with E-state index < -0.39 is 0 Å². The van der Waals surface area contributed by atoms with Gasteiger partial charge in [0.2, 0.25) is 4.77 Å². The van der Waals surface area contributed by atoms with Gasteiger partial charge in [0.1, 0.15) is 11.4 Å². The fraction of sp³-hybridized carbons (Fsp3) is 0.143. The number of hydrogen-bond donors (Lipinski definition) is 1. The topological polar surface area (TPSA) is 60.8 Å². The van der Waals surface area contributed by atoms with Crippen molar-refractivity contribution in [3.63, 3.8) is 0 Å². The number of H-pyrrole nitrogens is 1. The number of ether oxygens (including phenoxy) is 3. The maximum Gasteiger partial charge on any atom is 0.205 e. The lowest BCUT2D eigenvalue weighted by molar-refractivity contribution is 0.355. The van der Waals surface area contributed by atoms with E-state index in [0.717, 1.165) is 33.8 Å². The first-order valence-corrected chi connectivity index (χ1v) is 9.02. The molecule has 0 unspecified atom stereocenters. The maximum atomic E-state index is 5.43. The molecule has 2 aromatic carbocycles. The SMILES string of the molecule is COc1cccc(-c2cnc(=S)n3cc(-c4ccc(OC)c(OC)c4)[nH]c23)c1. The van der Waals surface area contributed by atoms with Gasteiger partial charge in [-0.2, -0.15) is 0 Å². The minimum atomic E-state index is 0.477. The van der Waals surface area contributed by atoms with Gasteiger partial charge >= 0.3 is 0 Å². The summed E-state index contributed by atoms with van der Waals surface area (Å²) in [6.07, 6.45) is 3.72. The fourth-order valence-electron chi connectivity index (χ4n) is 3.16. The molecule has 0 fully saturated rings. The van der Waals surface area contributed by atoms with Gasteiger partial charge < -0.3 is 19.2 Å². The van der Waals surface area contributed by atoms with E-state index in [1.165, 1.54) is 0 Å². The third kappa shape index (κ3) is 3.10. The first-order valence-electron chi connectivity index (χ1n) is 8.62. The van der Waals surface area contributed by atoms with Crippen molar-refractivity contribution in [2.75, 3.05) is 21.3 Å². The standard InChI is InChI=1S/C21H19N3O3S/c1-25-15-6-4-5-13(9-15)16-11-22-21(28)24-12-17(23-20(16)24)14-7-8-18(26-2)19(10-14)27-3/h4-12,23H,1-3H3. The Morgan fingerprint density at radius 2 is 1.75 bits per heavy atom. The Morgan fingerprint density at radius 1 is 0.929 bits per heavy atom. The lowest BCUT2D eigenvalue weighted by atomic mass is 10.1. The van der Waals surface area contributed by atoms with Gasteiger partial charge in [0.25, 0.3) is 0 Å². The van der Waals surface area contributed by atoms with E-state index in [2.05, 4.69) is 9.97 Å². The lowest BCUT2D eigenvalue weighted by Gasteiger charge is -2.08. The van der Waals surface area contributed by atoms with Crippen molar-refractivity contribution in [2.45, 2.75) is 0 Å². The van der Waals surface area contributed by atoms with E-state index in [1.54, 1.807) is 27.5 Å². The molecule has 142 valence electrons. The molecule has 0 aliphatic rings. The molecule has 0 bridgehead atoms. The van der Waals surface area contributed by atoms with Gasteiger partial charge in [0.05, 0.1) is 27.0 Å². The summed E-state index contributed by atoms with van der Waals surface area (Å²) in [5, 5.41) is 0. The zero-order valence-electron chi connectivity index (χ0n) is 15.7. The molecule has 1 N–H and O–H groups in total. The molecule has 6 nitrogen and oxygen atoms in total. The van der Waals surface area contributed by atoms with Crippen molar-refractivity contribution in [3.05, 3.63) is 59.6 Å². The van der Waals surface area contributed by atoms with Gasteiger partial charge in [0.15, 0.2) is 11.5 Å². The molecule has 0 aliphatic heterocycles. The third-order valence-corrected chi connectivity index (χ3v) is 4.89. The summed E-state index contributed by atoms with van der Waals surface area (Å²) >= 11 is 5.43. The predicted molar refractivity (Wildman–Crippen MR) is 111 cm³/mol. The Morgan fingerprint density at radius 3 is 2.50 bits per heavy atom. The molecule has 0 saturated heterocycles.